The number of rotatable bonds is 5. The maximum atomic E-state index is 13.0. The smallest absolute Gasteiger partial charge is 0.177 e. The van der Waals surface area contributed by atoms with Crippen molar-refractivity contribution in [3.63, 3.8) is 0 Å². The van der Waals surface area contributed by atoms with Gasteiger partial charge >= 0.3 is 0 Å². The Morgan fingerprint density at radius 2 is 1.73 bits per heavy atom. The maximum Gasteiger partial charge on any atom is 0.177 e. The first-order valence-corrected chi connectivity index (χ1v) is 9.85. The van der Waals surface area contributed by atoms with Crippen molar-refractivity contribution >= 4 is 15.7 Å². The predicted molar refractivity (Wildman–Crippen MR) is 99.0 cm³/mol. The minimum Gasteiger partial charge on any atom is -0.364 e. The average molecular weight is 371 g/mol. The van der Waals surface area contributed by atoms with Gasteiger partial charge in [-0.05, 0) is 42.8 Å². The fourth-order valence-corrected chi connectivity index (χ4v) is 3.08. The van der Waals surface area contributed by atoms with Crippen LogP contribution >= 0.6 is 0 Å². The van der Waals surface area contributed by atoms with Crippen molar-refractivity contribution < 1.29 is 12.8 Å². The van der Waals surface area contributed by atoms with Crippen molar-refractivity contribution in [2.45, 2.75) is 17.9 Å². The SMILES string of the molecule is CC(Nc1ccc(-c2cncc(S(C)(=O)=O)c2)cn1)c1ccc(F)cc1. The van der Waals surface area contributed by atoms with Crippen LogP contribution in [0.25, 0.3) is 11.1 Å². The van der Waals surface area contributed by atoms with Gasteiger partial charge in [-0.3, -0.25) is 4.98 Å². The van der Waals surface area contributed by atoms with Gasteiger partial charge in [0.25, 0.3) is 0 Å². The van der Waals surface area contributed by atoms with E-state index in [0.29, 0.717) is 11.4 Å². The molecule has 3 aromatic rings. The van der Waals surface area contributed by atoms with Crippen LogP contribution in [0.15, 0.2) is 66.0 Å². The summed E-state index contributed by atoms with van der Waals surface area (Å²) in [5.41, 5.74) is 2.39. The zero-order valence-electron chi connectivity index (χ0n) is 14.3. The van der Waals surface area contributed by atoms with Crippen LogP contribution in [0, 0.1) is 5.82 Å². The molecule has 0 amide bonds. The van der Waals surface area contributed by atoms with Gasteiger partial charge in [0.05, 0.1) is 4.90 Å². The molecule has 0 aliphatic rings. The first-order chi connectivity index (χ1) is 12.3. The first kappa shape index (κ1) is 18.0. The Bertz CT molecular complexity index is 1000. The molecular weight excluding hydrogens is 353 g/mol. The summed E-state index contributed by atoms with van der Waals surface area (Å²) in [5, 5.41) is 3.25. The molecule has 0 radical (unpaired) electrons. The van der Waals surface area contributed by atoms with Gasteiger partial charge in [-0.2, -0.15) is 0 Å². The highest BCUT2D eigenvalue weighted by Crippen LogP contribution is 2.23. The lowest BCUT2D eigenvalue weighted by molar-refractivity contribution is 0.601. The number of hydrogen-bond donors (Lipinski definition) is 1. The van der Waals surface area contributed by atoms with E-state index in [9.17, 15) is 12.8 Å². The quantitative estimate of drug-likeness (QED) is 0.737. The number of aromatic nitrogens is 2. The molecule has 0 fully saturated rings. The highest BCUT2D eigenvalue weighted by molar-refractivity contribution is 7.90. The van der Waals surface area contributed by atoms with Gasteiger partial charge in [0.15, 0.2) is 9.84 Å². The Morgan fingerprint density at radius 3 is 2.35 bits per heavy atom. The number of nitrogens with zero attached hydrogens (tertiary/aromatic N) is 2. The van der Waals surface area contributed by atoms with E-state index < -0.39 is 9.84 Å². The summed E-state index contributed by atoms with van der Waals surface area (Å²) in [6.45, 7) is 1.96. The van der Waals surface area contributed by atoms with Gasteiger partial charge in [0.2, 0.25) is 0 Å². The molecule has 0 saturated heterocycles. The van der Waals surface area contributed by atoms with E-state index in [2.05, 4.69) is 15.3 Å². The molecule has 1 aromatic carbocycles. The molecule has 1 N–H and O–H groups in total. The van der Waals surface area contributed by atoms with E-state index in [-0.39, 0.29) is 16.8 Å². The third kappa shape index (κ3) is 4.23. The van der Waals surface area contributed by atoms with Crippen LogP contribution in [0.5, 0.6) is 0 Å². The number of benzene rings is 1. The molecule has 2 heterocycles. The number of sulfone groups is 1. The van der Waals surface area contributed by atoms with Gasteiger partial charge < -0.3 is 5.32 Å². The lowest BCUT2D eigenvalue weighted by Gasteiger charge is -2.15. The summed E-state index contributed by atoms with van der Waals surface area (Å²) in [4.78, 5) is 8.53. The van der Waals surface area contributed by atoms with Crippen LogP contribution in [-0.2, 0) is 9.84 Å². The topological polar surface area (TPSA) is 72.0 Å². The monoisotopic (exact) mass is 371 g/mol. The van der Waals surface area contributed by atoms with Crippen LogP contribution in [0.3, 0.4) is 0 Å². The summed E-state index contributed by atoms with van der Waals surface area (Å²) in [6.07, 6.45) is 5.73. The van der Waals surface area contributed by atoms with Crippen molar-refractivity contribution in [2.75, 3.05) is 11.6 Å². The Morgan fingerprint density at radius 1 is 1.00 bits per heavy atom. The summed E-state index contributed by atoms with van der Waals surface area (Å²) in [7, 11) is -3.31. The molecule has 3 rings (SSSR count). The Labute approximate surface area is 151 Å². The summed E-state index contributed by atoms with van der Waals surface area (Å²) in [6, 6.07) is 11.5. The fourth-order valence-electron chi connectivity index (χ4n) is 2.49. The third-order valence-electron chi connectivity index (χ3n) is 3.97. The normalized spacial score (nSPS) is 12.6. The molecule has 7 heteroatoms. The van der Waals surface area contributed by atoms with E-state index in [1.807, 2.05) is 19.1 Å². The van der Waals surface area contributed by atoms with E-state index in [1.54, 1.807) is 30.6 Å². The van der Waals surface area contributed by atoms with E-state index in [0.717, 1.165) is 17.4 Å². The van der Waals surface area contributed by atoms with Crippen molar-refractivity contribution in [3.8, 4) is 11.1 Å². The number of pyridine rings is 2. The van der Waals surface area contributed by atoms with E-state index in [1.165, 1.54) is 18.3 Å². The van der Waals surface area contributed by atoms with Gasteiger partial charge in [-0.25, -0.2) is 17.8 Å². The molecular formula is C19H18FN3O2S. The molecule has 5 nitrogen and oxygen atoms in total. The minimum atomic E-state index is -3.31. The summed E-state index contributed by atoms with van der Waals surface area (Å²) < 4.78 is 36.3. The molecule has 2 aromatic heterocycles. The average Bonchev–Trinajstić information content (AvgIpc) is 2.62. The van der Waals surface area contributed by atoms with Crippen molar-refractivity contribution in [2.24, 2.45) is 0 Å². The largest absolute Gasteiger partial charge is 0.364 e. The molecule has 0 aliphatic heterocycles. The number of anilines is 1. The van der Waals surface area contributed by atoms with Crippen LogP contribution in [-0.4, -0.2) is 24.6 Å². The Kier molecular flexibility index (Phi) is 4.99. The maximum absolute atomic E-state index is 13.0. The number of nitrogens with one attached hydrogen (secondary N) is 1. The molecule has 26 heavy (non-hydrogen) atoms. The van der Waals surface area contributed by atoms with Crippen molar-refractivity contribution in [1.29, 1.82) is 0 Å². The van der Waals surface area contributed by atoms with E-state index >= 15 is 0 Å². The Balaban J connectivity index is 1.77. The summed E-state index contributed by atoms with van der Waals surface area (Å²) >= 11 is 0. The van der Waals surface area contributed by atoms with Crippen molar-refractivity contribution in [1.82, 2.24) is 9.97 Å². The molecule has 0 saturated carbocycles. The Hall–Kier alpha value is -2.80. The third-order valence-corrected chi connectivity index (χ3v) is 5.05. The van der Waals surface area contributed by atoms with Gasteiger partial charge in [-0.15, -0.1) is 0 Å². The molecule has 0 aliphatic carbocycles. The van der Waals surface area contributed by atoms with Crippen LogP contribution in [0.2, 0.25) is 0 Å². The van der Waals surface area contributed by atoms with E-state index in [4.69, 9.17) is 0 Å². The first-order valence-electron chi connectivity index (χ1n) is 7.96. The zero-order valence-corrected chi connectivity index (χ0v) is 15.2. The zero-order chi connectivity index (χ0) is 18.7. The molecule has 0 bridgehead atoms. The molecule has 134 valence electrons. The van der Waals surface area contributed by atoms with Crippen LogP contribution < -0.4 is 5.32 Å². The van der Waals surface area contributed by atoms with Gasteiger partial charge in [0.1, 0.15) is 11.6 Å². The second-order valence-corrected chi connectivity index (χ2v) is 8.05. The van der Waals surface area contributed by atoms with Crippen LogP contribution in [0.4, 0.5) is 10.2 Å². The summed E-state index contributed by atoms with van der Waals surface area (Å²) in [5.74, 6) is 0.395. The lowest BCUT2D eigenvalue weighted by atomic mass is 10.1. The molecule has 0 spiro atoms. The fraction of sp³-hybridized carbons (Fsp3) is 0.158. The molecule has 1 unspecified atom stereocenters. The number of hydrogen-bond acceptors (Lipinski definition) is 5. The minimum absolute atomic E-state index is 0.0378. The number of halogens is 1. The van der Waals surface area contributed by atoms with Crippen molar-refractivity contribution in [3.05, 3.63) is 72.4 Å². The van der Waals surface area contributed by atoms with Gasteiger partial charge in [-0.1, -0.05) is 12.1 Å². The predicted octanol–water partition coefficient (Wildman–Crippen LogP) is 3.86. The lowest BCUT2D eigenvalue weighted by Crippen LogP contribution is -2.07. The molecule has 1 atom stereocenters. The highest BCUT2D eigenvalue weighted by atomic mass is 32.2. The van der Waals surface area contributed by atoms with Gasteiger partial charge in [0, 0.05) is 42.0 Å². The standard InChI is InChI=1S/C19H18FN3O2S/c1-13(14-3-6-17(20)7-4-14)23-19-8-5-15(11-22-19)16-9-18(12-21-10-16)26(2,24)25/h3-13H,1-2H3,(H,22,23). The van der Waals surface area contributed by atoms with Crippen LogP contribution in [0.1, 0.15) is 18.5 Å². The second kappa shape index (κ2) is 7.21. The second-order valence-electron chi connectivity index (χ2n) is 6.03. The highest BCUT2D eigenvalue weighted by Gasteiger charge is 2.10.